The fourth-order valence-corrected chi connectivity index (χ4v) is 4.20. The van der Waals surface area contributed by atoms with Crippen molar-refractivity contribution in [3.63, 3.8) is 0 Å². The minimum atomic E-state index is -0.110. The van der Waals surface area contributed by atoms with E-state index in [9.17, 15) is 4.79 Å². The second-order valence-corrected chi connectivity index (χ2v) is 8.54. The van der Waals surface area contributed by atoms with Gasteiger partial charge in [0.2, 0.25) is 0 Å². The minimum absolute atomic E-state index is 0.110. The molecule has 37 heavy (non-hydrogen) atoms. The molecule has 0 bridgehead atoms. The van der Waals surface area contributed by atoms with E-state index in [0.29, 0.717) is 35.4 Å². The van der Waals surface area contributed by atoms with E-state index in [4.69, 9.17) is 18.9 Å². The number of hydrogen-bond acceptors (Lipinski definition) is 5. The van der Waals surface area contributed by atoms with Gasteiger partial charge in [0, 0.05) is 31.8 Å². The predicted octanol–water partition coefficient (Wildman–Crippen LogP) is 6.25. The Labute approximate surface area is 216 Å². The van der Waals surface area contributed by atoms with Crippen LogP contribution < -0.4 is 24.6 Å². The summed E-state index contributed by atoms with van der Waals surface area (Å²) in [6.45, 7) is 4.42. The van der Waals surface area contributed by atoms with Crippen LogP contribution in [0.4, 0.5) is 0 Å². The van der Waals surface area contributed by atoms with Crippen molar-refractivity contribution in [1.29, 1.82) is 0 Å². The first-order valence-electron chi connectivity index (χ1n) is 12.0. The average molecular weight is 501 g/mol. The monoisotopic (exact) mass is 500 g/mol. The maximum atomic E-state index is 12.7. The lowest BCUT2D eigenvalue weighted by molar-refractivity contribution is 0.353. The third-order valence-corrected chi connectivity index (χ3v) is 6.26. The van der Waals surface area contributed by atoms with Gasteiger partial charge in [-0.05, 0) is 55.3 Å². The SMILES string of the molecule is C/C=C\C(=C/C)COc1cccc(Oc2cc3c(cc2-c2ccc(OC)c(OC)c2)n(C)c(=O)n3C)c1. The number of aryl methyl sites for hydroxylation is 2. The molecule has 0 aliphatic carbocycles. The van der Waals surface area contributed by atoms with Crippen LogP contribution >= 0.6 is 0 Å². The molecule has 7 nitrogen and oxygen atoms in total. The molecule has 0 aliphatic heterocycles. The summed E-state index contributed by atoms with van der Waals surface area (Å²) in [5.41, 5.74) is 4.21. The van der Waals surface area contributed by atoms with Crippen molar-refractivity contribution in [2.45, 2.75) is 13.8 Å². The number of hydrogen-bond donors (Lipinski definition) is 0. The summed E-state index contributed by atoms with van der Waals surface area (Å²) in [4.78, 5) is 12.7. The number of ether oxygens (including phenoxy) is 4. The molecule has 1 aromatic heterocycles. The third-order valence-electron chi connectivity index (χ3n) is 6.26. The Morgan fingerprint density at radius 2 is 1.54 bits per heavy atom. The van der Waals surface area contributed by atoms with Crippen molar-refractivity contribution in [2.75, 3.05) is 20.8 Å². The van der Waals surface area contributed by atoms with E-state index < -0.39 is 0 Å². The number of allylic oxidation sites excluding steroid dienone is 2. The molecule has 0 saturated carbocycles. The molecule has 0 radical (unpaired) electrons. The molecule has 192 valence electrons. The smallest absolute Gasteiger partial charge is 0.328 e. The van der Waals surface area contributed by atoms with Gasteiger partial charge in [-0.15, -0.1) is 0 Å². The van der Waals surface area contributed by atoms with Crippen LogP contribution in [0, 0.1) is 0 Å². The topological polar surface area (TPSA) is 63.9 Å². The standard InChI is InChI=1S/C30H32N2O5/c1-7-10-20(8-2)19-36-22-11-9-12-23(16-22)37-28-18-26-25(31(3)30(33)32(26)4)17-24(28)21-13-14-27(34-5)29(15-21)35-6/h7-18H,19H2,1-6H3/b10-7-,20-8+. The van der Waals surface area contributed by atoms with E-state index in [-0.39, 0.29) is 5.69 Å². The molecule has 0 unspecified atom stereocenters. The Balaban J connectivity index is 1.78. The van der Waals surface area contributed by atoms with Gasteiger partial charge in [-0.2, -0.15) is 0 Å². The Hall–Kier alpha value is -4.39. The van der Waals surface area contributed by atoms with E-state index in [1.807, 2.05) is 86.7 Å². The molecule has 4 rings (SSSR count). The van der Waals surface area contributed by atoms with Crippen LogP contribution in [0.15, 0.2) is 83.2 Å². The van der Waals surface area contributed by atoms with Gasteiger partial charge >= 0.3 is 5.69 Å². The van der Waals surface area contributed by atoms with Gasteiger partial charge in [-0.3, -0.25) is 9.13 Å². The van der Waals surface area contributed by atoms with E-state index in [1.165, 1.54) is 0 Å². The molecule has 7 heteroatoms. The van der Waals surface area contributed by atoms with E-state index >= 15 is 0 Å². The summed E-state index contributed by atoms with van der Waals surface area (Å²) in [6.07, 6.45) is 6.03. The fraction of sp³-hybridized carbons (Fsp3) is 0.233. The lowest BCUT2D eigenvalue weighted by atomic mass is 10.0. The quantitative estimate of drug-likeness (QED) is 0.254. The van der Waals surface area contributed by atoms with Crippen LogP contribution in [-0.4, -0.2) is 30.0 Å². The van der Waals surface area contributed by atoms with Gasteiger partial charge in [-0.25, -0.2) is 4.79 Å². The van der Waals surface area contributed by atoms with Crippen molar-refractivity contribution < 1.29 is 18.9 Å². The molecule has 0 atom stereocenters. The molecule has 0 spiro atoms. The summed E-state index contributed by atoms with van der Waals surface area (Å²) >= 11 is 0. The number of benzene rings is 3. The van der Waals surface area contributed by atoms with E-state index in [2.05, 4.69) is 0 Å². The molecule has 0 fully saturated rings. The van der Waals surface area contributed by atoms with Crippen molar-refractivity contribution in [3.05, 3.63) is 88.9 Å². The molecular formula is C30H32N2O5. The van der Waals surface area contributed by atoms with Gasteiger partial charge < -0.3 is 18.9 Å². The number of imidazole rings is 1. The molecule has 3 aromatic carbocycles. The maximum absolute atomic E-state index is 12.7. The van der Waals surface area contributed by atoms with Gasteiger partial charge in [-0.1, -0.05) is 30.4 Å². The summed E-state index contributed by atoms with van der Waals surface area (Å²) in [7, 11) is 6.72. The fourth-order valence-electron chi connectivity index (χ4n) is 4.20. The van der Waals surface area contributed by atoms with Gasteiger partial charge in [0.15, 0.2) is 11.5 Å². The minimum Gasteiger partial charge on any atom is -0.493 e. The Bertz CT molecular complexity index is 1540. The number of methoxy groups -OCH3 is 2. The highest BCUT2D eigenvalue weighted by Crippen LogP contribution is 2.40. The highest BCUT2D eigenvalue weighted by molar-refractivity contribution is 5.87. The number of aromatic nitrogens is 2. The number of rotatable bonds is 9. The average Bonchev–Trinajstić information content (AvgIpc) is 3.13. The molecule has 0 saturated heterocycles. The second-order valence-electron chi connectivity index (χ2n) is 8.54. The molecule has 4 aromatic rings. The van der Waals surface area contributed by atoms with Crippen molar-refractivity contribution in [1.82, 2.24) is 9.13 Å². The van der Waals surface area contributed by atoms with Crippen LogP contribution in [0.1, 0.15) is 13.8 Å². The van der Waals surface area contributed by atoms with Gasteiger partial charge in [0.05, 0.1) is 25.3 Å². The molecule has 0 aliphatic rings. The lowest BCUT2D eigenvalue weighted by Crippen LogP contribution is -2.19. The lowest BCUT2D eigenvalue weighted by Gasteiger charge is -2.15. The highest BCUT2D eigenvalue weighted by Gasteiger charge is 2.17. The van der Waals surface area contributed by atoms with Crippen molar-refractivity contribution in [3.8, 4) is 39.9 Å². The largest absolute Gasteiger partial charge is 0.493 e. The Morgan fingerprint density at radius 1 is 0.838 bits per heavy atom. The second kappa shape index (κ2) is 11.1. The zero-order valence-electron chi connectivity index (χ0n) is 22.1. The zero-order valence-corrected chi connectivity index (χ0v) is 22.1. The zero-order chi connectivity index (χ0) is 26.5. The van der Waals surface area contributed by atoms with E-state index in [0.717, 1.165) is 27.7 Å². The van der Waals surface area contributed by atoms with Crippen LogP contribution in [0.2, 0.25) is 0 Å². The van der Waals surface area contributed by atoms with Crippen LogP contribution in [0.25, 0.3) is 22.2 Å². The van der Waals surface area contributed by atoms with Crippen molar-refractivity contribution >= 4 is 11.0 Å². The Morgan fingerprint density at radius 3 is 2.22 bits per heavy atom. The summed E-state index contributed by atoms with van der Waals surface area (Å²) < 4.78 is 26.6. The number of fused-ring (bicyclic) bond motifs is 1. The third kappa shape index (κ3) is 5.26. The van der Waals surface area contributed by atoms with Gasteiger partial charge in [0.25, 0.3) is 0 Å². The first-order valence-corrected chi connectivity index (χ1v) is 12.0. The maximum Gasteiger partial charge on any atom is 0.328 e. The highest BCUT2D eigenvalue weighted by atomic mass is 16.5. The van der Waals surface area contributed by atoms with E-state index in [1.54, 1.807) is 37.4 Å². The molecule has 0 amide bonds. The molecule has 1 heterocycles. The first-order chi connectivity index (χ1) is 17.9. The van der Waals surface area contributed by atoms with Crippen molar-refractivity contribution in [2.24, 2.45) is 14.1 Å². The molecular weight excluding hydrogens is 468 g/mol. The summed E-state index contributed by atoms with van der Waals surface area (Å²) in [5, 5.41) is 0. The summed E-state index contributed by atoms with van der Waals surface area (Å²) in [6, 6.07) is 17.1. The number of nitrogens with zero attached hydrogens (tertiary/aromatic N) is 2. The van der Waals surface area contributed by atoms with Crippen LogP contribution in [0.3, 0.4) is 0 Å². The predicted molar refractivity (Wildman–Crippen MR) is 147 cm³/mol. The molecule has 0 N–H and O–H groups in total. The van der Waals surface area contributed by atoms with Crippen LogP contribution in [0.5, 0.6) is 28.7 Å². The Kier molecular flexibility index (Phi) is 7.72. The van der Waals surface area contributed by atoms with Gasteiger partial charge in [0.1, 0.15) is 23.9 Å². The first kappa shape index (κ1) is 25.7. The summed E-state index contributed by atoms with van der Waals surface area (Å²) in [5.74, 6) is 3.14. The van der Waals surface area contributed by atoms with Crippen LogP contribution in [-0.2, 0) is 14.1 Å². The normalized spacial score (nSPS) is 11.8.